The molecule has 112 valence electrons. The standard InChI is InChI=1S/C16H20N2O3/c1-17-10-12-9-16(21-18-12)14-6-2-3-7-15(14)20-11-13-5-4-8-19-13/h2-3,6-7,9,13,17H,4-5,8,10-11H2,1H3. The lowest BCUT2D eigenvalue weighted by Gasteiger charge is -2.13. The largest absolute Gasteiger partial charge is 0.490 e. The molecule has 0 saturated carbocycles. The van der Waals surface area contributed by atoms with Gasteiger partial charge >= 0.3 is 0 Å². The van der Waals surface area contributed by atoms with E-state index in [0.717, 1.165) is 42.2 Å². The normalized spacial score (nSPS) is 18.0. The minimum absolute atomic E-state index is 0.202. The zero-order chi connectivity index (χ0) is 14.5. The molecule has 1 atom stereocenters. The van der Waals surface area contributed by atoms with E-state index in [1.54, 1.807) is 0 Å². The van der Waals surface area contributed by atoms with Gasteiger partial charge in [-0.1, -0.05) is 17.3 Å². The zero-order valence-electron chi connectivity index (χ0n) is 12.2. The molecular formula is C16H20N2O3. The fourth-order valence-corrected chi connectivity index (χ4v) is 2.46. The minimum Gasteiger partial charge on any atom is -0.490 e. The van der Waals surface area contributed by atoms with Gasteiger partial charge in [0.1, 0.15) is 12.4 Å². The molecule has 0 bridgehead atoms. The van der Waals surface area contributed by atoms with Gasteiger partial charge < -0.3 is 19.3 Å². The Labute approximate surface area is 124 Å². The molecule has 0 radical (unpaired) electrons. The van der Waals surface area contributed by atoms with Crippen molar-refractivity contribution in [1.82, 2.24) is 10.5 Å². The van der Waals surface area contributed by atoms with Crippen molar-refractivity contribution in [2.45, 2.75) is 25.5 Å². The van der Waals surface area contributed by atoms with Crippen LogP contribution in [0.3, 0.4) is 0 Å². The molecule has 1 fully saturated rings. The molecule has 21 heavy (non-hydrogen) atoms. The highest BCUT2D eigenvalue weighted by molar-refractivity contribution is 5.65. The summed E-state index contributed by atoms with van der Waals surface area (Å²) in [6.07, 6.45) is 2.38. The number of benzene rings is 1. The summed E-state index contributed by atoms with van der Waals surface area (Å²) in [4.78, 5) is 0. The molecule has 1 saturated heterocycles. The van der Waals surface area contributed by atoms with Gasteiger partial charge in [-0.05, 0) is 32.0 Å². The van der Waals surface area contributed by atoms with Crippen molar-refractivity contribution in [3.63, 3.8) is 0 Å². The summed E-state index contributed by atoms with van der Waals surface area (Å²) in [7, 11) is 1.88. The van der Waals surface area contributed by atoms with Crippen LogP contribution in [0.2, 0.25) is 0 Å². The second kappa shape index (κ2) is 6.74. The highest BCUT2D eigenvalue weighted by atomic mass is 16.5. The van der Waals surface area contributed by atoms with E-state index in [2.05, 4.69) is 10.5 Å². The summed E-state index contributed by atoms with van der Waals surface area (Å²) in [6.45, 7) is 2.10. The molecule has 1 aliphatic heterocycles. The van der Waals surface area contributed by atoms with Crippen LogP contribution in [-0.4, -0.2) is 31.5 Å². The molecule has 1 aromatic heterocycles. The van der Waals surface area contributed by atoms with E-state index in [1.165, 1.54) is 0 Å². The first-order chi connectivity index (χ1) is 10.4. The third-order valence-electron chi connectivity index (χ3n) is 3.52. The molecule has 5 nitrogen and oxygen atoms in total. The number of hydrogen-bond donors (Lipinski definition) is 1. The Hall–Kier alpha value is -1.85. The Morgan fingerprint density at radius 2 is 2.29 bits per heavy atom. The molecule has 3 rings (SSSR count). The maximum atomic E-state index is 5.92. The van der Waals surface area contributed by atoms with E-state index in [1.807, 2.05) is 37.4 Å². The van der Waals surface area contributed by atoms with Gasteiger partial charge in [-0.2, -0.15) is 0 Å². The van der Waals surface area contributed by atoms with Crippen molar-refractivity contribution in [2.24, 2.45) is 0 Å². The van der Waals surface area contributed by atoms with Gasteiger partial charge in [0.05, 0.1) is 17.4 Å². The molecule has 2 heterocycles. The van der Waals surface area contributed by atoms with Gasteiger partial charge in [0.2, 0.25) is 0 Å². The van der Waals surface area contributed by atoms with Gasteiger partial charge in [-0.15, -0.1) is 0 Å². The molecule has 1 unspecified atom stereocenters. The first-order valence-electron chi connectivity index (χ1n) is 7.31. The first-order valence-corrected chi connectivity index (χ1v) is 7.31. The van der Waals surface area contributed by atoms with Crippen molar-refractivity contribution in [3.8, 4) is 17.1 Å². The van der Waals surface area contributed by atoms with E-state index in [4.69, 9.17) is 14.0 Å². The van der Waals surface area contributed by atoms with Crippen LogP contribution in [0.5, 0.6) is 5.75 Å². The number of nitrogens with zero attached hydrogens (tertiary/aromatic N) is 1. The Kier molecular flexibility index (Phi) is 4.52. The molecule has 2 aromatic rings. The molecule has 0 spiro atoms. The second-order valence-corrected chi connectivity index (χ2v) is 5.16. The zero-order valence-corrected chi connectivity index (χ0v) is 12.2. The van der Waals surface area contributed by atoms with Crippen LogP contribution < -0.4 is 10.1 Å². The summed E-state index contributed by atoms with van der Waals surface area (Å²) < 4.78 is 16.9. The van der Waals surface area contributed by atoms with Crippen molar-refractivity contribution >= 4 is 0 Å². The smallest absolute Gasteiger partial charge is 0.170 e. The maximum Gasteiger partial charge on any atom is 0.170 e. The Morgan fingerprint density at radius 3 is 3.10 bits per heavy atom. The number of nitrogens with one attached hydrogen (secondary N) is 1. The highest BCUT2D eigenvalue weighted by Gasteiger charge is 2.18. The predicted octanol–water partition coefficient (Wildman–Crippen LogP) is 2.62. The van der Waals surface area contributed by atoms with E-state index in [-0.39, 0.29) is 6.10 Å². The number of hydrogen-bond acceptors (Lipinski definition) is 5. The van der Waals surface area contributed by atoms with Crippen LogP contribution in [0.15, 0.2) is 34.9 Å². The summed E-state index contributed by atoms with van der Waals surface area (Å²) in [6, 6.07) is 9.79. The van der Waals surface area contributed by atoms with E-state index in [0.29, 0.717) is 13.2 Å². The van der Waals surface area contributed by atoms with E-state index >= 15 is 0 Å². The van der Waals surface area contributed by atoms with Gasteiger partial charge in [-0.3, -0.25) is 0 Å². The second-order valence-electron chi connectivity index (χ2n) is 5.16. The predicted molar refractivity (Wildman–Crippen MR) is 79.2 cm³/mol. The minimum atomic E-state index is 0.202. The average molecular weight is 288 g/mol. The molecule has 1 N–H and O–H groups in total. The lowest BCUT2D eigenvalue weighted by Crippen LogP contribution is -2.16. The third-order valence-corrected chi connectivity index (χ3v) is 3.52. The highest BCUT2D eigenvalue weighted by Crippen LogP contribution is 2.30. The fourth-order valence-electron chi connectivity index (χ4n) is 2.46. The third kappa shape index (κ3) is 3.43. The van der Waals surface area contributed by atoms with Gasteiger partial charge in [0.25, 0.3) is 0 Å². The quantitative estimate of drug-likeness (QED) is 0.885. The van der Waals surface area contributed by atoms with Gasteiger partial charge in [0, 0.05) is 19.2 Å². The van der Waals surface area contributed by atoms with Crippen molar-refractivity contribution in [2.75, 3.05) is 20.3 Å². The van der Waals surface area contributed by atoms with E-state index in [9.17, 15) is 0 Å². The first kappa shape index (κ1) is 14.1. The van der Waals surface area contributed by atoms with Crippen molar-refractivity contribution < 1.29 is 14.0 Å². The lowest BCUT2D eigenvalue weighted by molar-refractivity contribution is 0.0681. The van der Waals surface area contributed by atoms with Crippen molar-refractivity contribution in [3.05, 3.63) is 36.0 Å². The number of para-hydroxylation sites is 1. The average Bonchev–Trinajstić information content (AvgIpc) is 3.17. The van der Waals surface area contributed by atoms with Crippen LogP contribution in [0.25, 0.3) is 11.3 Å². The molecule has 1 aromatic carbocycles. The van der Waals surface area contributed by atoms with Gasteiger partial charge in [-0.25, -0.2) is 0 Å². The molecule has 1 aliphatic rings. The van der Waals surface area contributed by atoms with Crippen molar-refractivity contribution in [1.29, 1.82) is 0 Å². The van der Waals surface area contributed by atoms with Crippen LogP contribution >= 0.6 is 0 Å². The maximum absolute atomic E-state index is 5.92. The molecular weight excluding hydrogens is 268 g/mol. The van der Waals surface area contributed by atoms with E-state index < -0.39 is 0 Å². The summed E-state index contributed by atoms with van der Waals surface area (Å²) in [5, 5.41) is 7.10. The fraction of sp³-hybridized carbons (Fsp3) is 0.438. The Bertz CT molecular complexity index is 576. The van der Waals surface area contributed by atoms with Crippen LogP contribution in [0.4, 0.5) is 0 Å². The molecule has 0 amide bonds. The number of aromatic nitrogens is 1. The van der Waals surface area contributed by atoms with Gasteiger partial charge in [0.15, 0.2) is 5.76 Å². The summed E-state index contributed by atoms with van der Waals surface area (Å²) in [5.74, 6) is 1.53. The lowest BCUT2D eigenvalue weighted by atomic mass is 10.1. The number of ether oxygens (including phenoxy) is 2. The monoisotopic (exact) mass is 288 g/mol. The number of rotatable bonds is 6. The van der Waals surface area contributed by atoms with Crippen LogP contribution in [0.1, 0.15) is 18.5 Å². The molecule has 5 heteroatoms. The van der Waals surface area contributed by atoms with Crippen LogP contribution in [-0.2, 0) is 11.3 Å². The van der Waals surface area contributed by atoms with Crippen LogP contribution in [0, 0.1) is 0 Å². The Morgan fingerprint density at radius 1 is 1.38 bits per heavy atom. The summed E-state index contributed by atoms with van der Waals surface area (Å²) >= 11 is 0. The molecule has 0 aliphatic carbocycles. The topological polar surface area (TPSA) is 56.5 Å². The SMILES string of the molecule is CNCc1cc(-c2ccccc2OCC2CCCO2)on1. The summed E-state index contributed by atoms with van der Waals surface area (Å²) in [5.41, 5.74) is 1.80. The Balaban J connectivity index is 1.74.